The summed E-state index contributed by atoms with van der Waals surface area (Å²) in [4.78, 5) is 20.2. The van der Waals surface area contributed by atoms with Gasteiger partial charge in [0.05, 0.1) is 5.69 Å². The van der Waals surface area contributed by atoms with E-state index in [4.69, 9.17) is 22.3 Å². The zero-order valence-corrected chi connectivity index (χ0v) is 13.7. The van der Waals surface area contributed by atoms with Crippen LogP contribution in [0.2, 0.25) is 0 Å². The van der Waals surface area contributed by atoms with Gasteiger partial charge in [-0.15, -0.1) is 0 Å². The van der Waals surface area contributed by atoms with Crippen molar-refractivity contribution >= 4 is 29.1 Å². The van der Waals surface area contributed by atoms with Crippen LogP contribution >= 0.6 is 0 Å². The largest absolute Gasteiger partial charge is 0.398 e. The fourth-order valence-corrected chi connectivity index (χ4v) is 2.30. The summed E-state index contributed by atoms with van der Waals surface area (Å²) < 4.78 is 1.73. The molecule has 8 heteroatoms. The number of carbonyl (C=O) groups excluding carboxylic acids is 1. The molecule has 0 atom stereocenters. The number of pyridine rings is 1. The molecular formula is C16H19N7O. The number of nitrogen functional groups attached to an aromatic ring is 1. The maximum absolute atomic E-state index is 11.4. The molecule has 8 nitrogen and oxygen atoms in total. The quantitative estimate of drug-likeness (QED) is 0.618. The number of nitrogens with two attached hydrogens (primary N) is 2. The molecule has 0 spiro atoms. The summed E-state index contributed by atoms with van der Waals surface area (Å²) in [6, 6.07) is 1.35. The first-order valence-electron chi connectivity index (χ1n) is 7.13. The molecule has 0 saturated carbocycles. The van der Waals surface area contributed by atoms with E-state index in [0.29, 0.717) is 28.5 Å². The van der Waals surface area contributed by atoms with E-state index in [1.54, 1.807) is 30.8 Å². The van der Waals surface area contributed by atoms with E-state index in [0.717, 1.165) is 11.8 Å². The molecule has 1 amide bonds. The third-order valence-electron chi connectivity index (χ3n) is 3.41. The van der Waals surface area contributed by atoms with E-state index >= 15 is 0 Å². The average molecular weight is 325 g/mol. The summed E-state index contributed by atoms with van der Waals surface area (Å²) in [7, 11) is 1.78. The highest BCUT2D eigenvalue weighted by Crippen LogP contribution is 2.26. The van der Waals surface area contributed by atoms with Gasteiger partial charge in [-0.1, -0.05) is 0 Å². The molecule has 0 radical (unpaired) electrons. The van der Waals surface area contributed by atoms with Crippen LogP contribution in [-0.4, -0.2) is 32.4 Å². The van der Waals surface area contributed by atoms with Crippen LogP contribution in [0.1, 0.15) is 35.6 Å². The minimum absolute atomic E-state index is 0.0141. The molecule has 0 saturated heterocycles. The van der Waals surface area contributed by atoms with Gasteiger partial charge >= 0.3 is 0 Å². The molecule has 0 aliphatic carbocycles. The van der Waals surface area contributed by atoms with Gasteiger partial charge in [0.2, 0.25) is 0 Å². The van der Waals surface area contributed by atoms with E-state index in [1.807, 2.05) is 6.92 Å². The summed E-state index contributed by atoms with van der Waals surface area (Å²) >= 11 is 0. The van der Waals surface area contributed by atoms with Crippen LogP contribution in [0.25, 0.3) is 17.1 Å². The summed E-state index contributed by atoms with van der Waals surface area (Å²) in [5.41, 5.74) is 14.0. The smallest absolute Gasteiger partial charge is 0.267 e. The molecular weight excluding hydrogens is 306 g/mol. The number of nitrogens with one attached hydrogen (secondary N) is 2. The second-order valence-electron chi connectivity index (χ2n) is 5.44. The summed E-state index contributed by atoms with van der Waals surface area (Å²) in [6.45, 7) is 3.53. The highest BCUT2D eigenvalue weighted by Gasteiger charge is 2.18. The predicted molar refractivity (Wildman–Crippen MR) is 94.3 cm³/mol. The predicted octanol–water partition coefficient (Wildman–Crippen LogP) is 1.60. The van der Waals surface area contributed by atoms with Crippen molar-refractivity contribution in [2.45, 2.75) is 13.8 Å². The second kappa shape index (κ2) is 6.45. The van der Waals surface area contributed by atoms with E-state index in [9.17, 15) is 4.79 Å². The standard InChI is InChI=1S/C16H19N7O/c1-8(4-9(2)18)13-7-23(3)16(22-13)14-10(6-17)11(19)5-12(21-14)15(20)24/h4-7,17-18H,1-3H3,(H2,19,21)(H2,20,24)/b8-4+,17-6?,18-9?. The number of aromatic nitrogens is 3. The molecule has 0 aliphatic rings. The number of allylic oxidation sites excluding steroid dienone is 2. The van der Waals surface area contributed by atoms with Crippen molar-refractivity contribution in [2.24, 2.45) is 12.8 Å². The zero-order valence-electron chi connectivity index (χ0n) is 13.7. The Balaban J connectivity index is 2.68. The Morgan fingerprint density at radius 2 is 1.96 bits per heavy atom. The van der Waals surface area contributed by atoms with Crippen molar-refractivity contribution in [3.05, 3.63) is 35.3 Å². The van der Waals surface area contributed by atoms with E-state index < -0.39 is 5.91 Å². The summed E-state index contributed by atoms with van der Waals surface area (Å²) in [5.74, 6) is -0.252. The number of anilines is 1. The first-order chi connectivity index (χ1) is 11.2. The van der Waals surface area contributed by atoms with Crippen LogP contribution in [0.4, 0.5) is 5.69 Å². The number of nitrogens with zero attached hydrogens (tertiary/aromatic N) is 3. The summed E-state index contributed by atoms with van der Waals surface area (Å²) in [6.07, 6.45) is 4.55. The first kappa shape index (κ1) is 17.1. The van der Waals surface area contributed by atoms with Gasteiger partial charge in [0, 0.05) is 36.4 Å². The normalized spacial score (nSPS) is 11.4. The van der Waals surface area contributed by atoms with Gasteiger partial charge < -0.3 is 26.9 Å². The average Bonchev–Trinajstić information content (AvgIpc) is 2.87. The molecule has 0 unspecified atom stereocenters. The fourth-order valence-electron chi connectivity index (χ4n) is 2.30. The molecule has 0 aliphatic heterocycles. The van der Waals surface area contributed by atoms with E-state index in [1.165, 1.54) is 6.07 Å². The molecule has 0 aromatic carbocycles. The molecule has 6 N–H and O–H groups in total. The highest BCUT2D eigenvalue weighted by molar-refractivity contribution is 5.98. The fraction of sp³-hybridized carbons (Fsp3) is 0.188. The van der Waals surface area contributed by atoms with Gasteiger partial charge in [-0.05, 0) is 31.6 Å². The van der Waals surface area contributed by atoms with E-state index in [2.05, 4.69) is 9.97 Å². The number of rotatable bonds is 5. The number of hydrogen-bond donors (Lipinski definition) is 4. The lowest BCUT2D eigenvalue weighted by molar-refractivity contribution is 0.0995. The highest BCUT2D eigenvalue weighted by atomic mass is 16.1. The van der Waals surface area contributed by atoms with Crippen LogP contribution in [0.3, 0.4) is 0 Å². The summed E-state index contributed by atoms with van der Waals surface area (Å²) in [5, 5.41) is 15.1. The Morgan fingerprint density at radius 1 is 1.29 bits per heavy atom. The minimum atomic E-state index is -0.704. The topological polar surface area (TPSA) is 148 Å². The number of aryl methyl sites for hydroxylation is 1. The van der Waals surface area contributed by atoms with Crippen molar-refractivity contribution in [1.82, 2.24) is 14.5 Å². The lowest BCUT2D eigenvalue weighted by Crippen LogP contribution is -2.16. The number of primary amides is 1. The molecule has 2 heterocycles. The van der Waals surface area contributed by atoms with Gasteiger partial charge in [0.1, 0.15) is 11.4 Å². The van der Waals surface area contributed by atoms with Crippen molar-refractivity contribution < 1.29 is 4.79 Å². The minimum Gasteiger partial charge on any atom is -0.398 e. The van der Waals surface area contributed by atoms with Crippen molar-refractivity contribution in [1.29, 1.82) is 10.8 Å². The van der Waals surface area contributed by atoms with Gasteiger partial charge in [0.25, 0.3) is 5.91 Å². The monoisotopic (exact) mass is 325 g/mol. The second-order valence-corrected chi connectivity index (χ2v) is 5.44. The van der Waals surface area contributed by atoms with Gasteiger partial charge in [-0.3, -0.25) is 4.79 Å². The van der Waals surface area contributed by atoms with E-state index in [-0.39, 0.29) is 11.4 Å². The number of carbonyl (C=O) groups is 1. The number of imidazole rings is 1. The Kier molecular flexibility index (Phi) is 4.59. The Hall–Kier alpha value is -3.29. The molecule has 24 heavy (non-hydrogen) atoms. The Labute approximate surface area is 139 Å². The first-order valence-corrected chi connectivity index (χ1v) is 7.13. The van der Waals surface area contributed by atoms with Gasteiger partial charge in [-0.25, -0.2) is 9.97 Å². The van der Waals surface area contributed by atoms with Gasteiger partial charge in [0.15, 0.2) is 5.82 Å². The Morgan fingerprint density at radius 3 is 2.50 bits per heavy atom. The molecule has 0 fully saturated rings. The number of amides is 1. The lowest BCUT2D eigenvalue weighted by atomic mass is 10.1. The maximum atomic E-state index is 11.4. The third kappa shape index (κ3) is 3.22. The SMILES string of the molecule is CC(=N)/C=C(\C)c1cn(C)c(-c2nc(C(N)=O)cc(N)c2C=N)n1. The molecule has 2 rings (SSSR count). The van der Waals surface area contributed by atoms with Crippen LogP contribution in [-0.2, 0) is 7.05 Å². The third-order valence-corrected chi connectivity index (χ3v) is 3.41. The van der Waals surface area contributed by atoms with Crippen LogP contribution in [0.15, 0.2) is 18.3 Å². The molecule has 2 aromatic rings. The zero-order chi connectivity index (χ0) is 18.0. The van der Waals surface area contributed by atoms with Crippen molar-refractivity contribution in [3.63, 3.8) is 0 Å². The molecule has 2 aromatic heterocycles. The molecule has 124 valence electrons. The van der Waals surface area contributed by atoms with Crippen molar-refractivity contribution in [3.8, 4) is 11.5 Å². The van der Waals surface area contributed by atoms with Gasteiger partial charge in [-0.2, -0.15) is 0 Å². The van der Waals surface area contributed by atoms with Crippen LogP contribution < -0.4 is 11.5 Å². The van der Waals surface area contributed by atoms with Crippen LogP contribution in [0, 0.1) is 10.8 Å². The van der Waals surface area contributed by atoms with Crippen molar-refractivity contribution in [2.75, 3.05) is 5.73 Å². The van der Waals surface area contributed by atoms with Crippen LogP contribution in [0.5, 0.6) is 0 Å². The number of hydrogen-bond acceptors (Lipinski definition) is 6. The maximum Gasteiger partial charge on any atom is 0.267 e. The Bertz CT molecular complexity index is 877. The molecule has 0 bridgehead atoms. The lowest BCUT2D eigenvalue weighted by Gasteiger charge is -2.09.